The number of piperidine rings is 1. The van der Waals surface area contributed by atoms with E-state index in [1.807, 2.05) is 4.90 Å². The van der Waals surface area contributed by atoms with Crippen LogP contribution in [0.15, 0.2) is 24.3 Å². The highest BCUT2D eigenvalue weighted by Crippen LogP contribution is 2.43. The molecule has 3 rings (SSSR count). The molecule has 1 amide bonds. The van der Waals surface area contributed by atoms with Gasteiger partial charge < -0.3 is 10.0 Å². The molecular weight excluding hydrogens is 321 g/mol. The van der Waals surface area contributed by atoms with Crippen LogP contribution in [0, 0.1) is 11.7 Å². The fraction of sp³-hybridized carbons (Fsp3) is 0.600. The van der Waals surface area contributed by atoms with Crippen LogP contribution < -0.4 is 0 Å². The van der Waals surface area contributed by atoms with Gasteiger partial charge in [0.15, 0.2) is 0 Å². The van der Waals surface area contributed by atoms with Crippen LogP contribution in [0.5, 0.6) is 0 Å². The van der Waals surface area contributed by atoms with E-state index in [0.717, 1.165) is 50.6 Å². The summed E-state index contributed by atoms with van der Waals surface area (Å²) in [6.45, 7) is 1.39. The molecule has 0 aromatic heterocycles. The molecule has 1 unspecified atom stereocenters. The molecule has 1 aliphatic heterocycles. The molecule has 136 valence electrons. The Balaban J connectivity index is 1.76. The number of carboxylic acid groups (broad SMARTS) is 1. The minimum absolute atomic E-state index is 0.150. The first-order valence-corrected chi connectivity index (χ1v) is 9.28. The lowest BCUT2D eigenvalue weighted by Crippen LogP contribution is -2.49. The average Bonchev–Trinajstić information content (AvgIpc) is 3.11. The van der Waals surface area contributed by atoms with Crippen molar-refractivity contribution in [1.82, 2.24) is 4.90 Å². The molecule has 1 aromatic rings. The zero-order chi connectivity index (χ0) is 17.9. The Kier molecular flexibility index (Phi) is 5.40. The van der Waals surface area contributed by atoms with Gasteiger partial charge in [-0.1, -0.05) is 25.0 Å². The third-order valence-corrected chi connectivity index (χ3v) is 5.84. The molecule has 1 saturated heterocycles. The van der Waals surface area contributed by atoms with Gasteiger partial charge in [-0.3, -0.25) is 9.59 Å². The minimum Gasteiger partial charge on any atom is -0.481 e. The average molecular weight is 347 g/mol. The summed E-state index contributed by atoms with van der Waals surface area (Å²) >= 11 is 0. The van der Waals surface area contributed by atoms with E-state index < -0.39 is 11.4 Å². The molecule has 1 N–H and O–H groups in total. The Morgan fingerprint density at radius 3 is 2.48 bits per heavy atom. The Bertz CT molecular complexity index is 622. The van der Waals surface area contributed by atoms with E-state index in [1.54, 1.807) is 12.1 Å². The molecule has 1 aromatic carbocycles. The second kappa shape index (κ2) is 7.54. The molecule has 0 bridgehead atoms. The van der Waals surface area contributed by atoms with E-state index in [9.17, 15) is 14.0 Å². The minimum atomic E-state index is -0.776. The van der Waals surface area contributed by atoms with E-state index >= 15 is 0 Å². The van der Waals surface area contributed by atoms with Crippen molar-refractivity contribution < 1.29 is 19.1 Å². The molecule has 5 heteroatoms. The van der Waals surface area contributed by atoms with Crippen molar-refractivity contribution >= 4 is 11.9 Å². The Hall–Kier alpha value is -1.91. The predicted molar refractivity (Wildman–Crippen MR) is 92.7 cm³/mol. The highest BCUT2D eigenvalue weighted by molar-refractivity contribution is 5.88. The maximum Gasteiger partial charge on any atom is 0.303 e. The summed E-state index contributed by atoms with van der Waals surface area (Å²) in [6.07, 6.45) is 6.36. The summed E-state index contributed by atoms with van der Waals surface area (Å²) in [4.78, 5) is 26.2. The summed E-state index contributed by atoms with van der Waals surface area (Å²) < 4.78 is 13.3. The van der Waals surface area contributed by atoms with Crippen molar-refractivity contribution in [1.29, 1.82) is 0 Å². The SMILES string of the molecule is O=C(O)CCC1CCCN(C(=O)C2(c3ccc(F)cc3)CCCC2)C1. The largest absolute Gasteiger partial charge is 0.481 e. The molecule has 2 aliphatic rings. The zero-order valence-electron chi connectivity index (χ0n) is 14.5. The van der Waals surface area contributed by atoms with Gasteiger partial charge in [-0.25, -0.2) is 4.39 Å². The number of aliphatic carboxylic acids is 1. The van der Waals surface area contributed by atoms with E-state index in [1.165, 1.54) is 12.1 Å². The normalized spacial score (nSPS) is 22.8. The molecular formula is C20H26FNO3. The molecule has 2 fully saturated rings. The lowest BCUT2D eigenvalue weighted by molar-refractivity contribution is -0.139. The molecule has 1 saturated carbocycles. The van der Waals surface area contributed by atoms with Crippen LogP contribution in [0.3, 0.4) is 0 Å². The summed E-state index contributed by atoms with van der Waals surface area (Å²) in [7, 11) is 0. The van der Waals surface area contributed by atoms with Crippen molar-refractivity contribution in [2.24, 2.45) is 5.92 Å². The molecule has 1 heterocycles. The van der Waals surface area contributed by atoms with Gasteiger partial charge in [-0.15, -0.1) is 0 Å². The van der Waals surface area contributed by atoms with Crippen molar-refractivity contribution in [2.45, 2.75) is 56.8 Å². The summed E-state index contributed by atoms with van der Waals surface area (Å²) in [5.41, 5.74) is 0.395. The first kappa shape index (κ1) is 17.9. The van der Waals surface area contributed by atoms with Crippen LogP contribution >= 0.6 is 0 Å². The monoisotopic (exact) mass is 347 g/mol. The highest BCUT2D eigenvalue weighted by Gasteiger charge is 2.45. The number of carbonyl (C=O) groups excluding carboxylic acids is 1. The Morgan fingerprint density at radius 2 is 1.84 bits per heavy atom. The van der Waals surface area contributed by atoms with Crippen LogP contribution in [0.25, 0.3) is 0 Å². The van der Waals surface area contributed by atoms with Gasteiger partial charge in [0, 0.05) is 19.5 Å². The van der Waals surface area contributed by atoms with Gasteiger partial charge in [-0.05, 0) is 55.7 Å². The second-order valence-corrected chi connectivity index (χ2v) is 7.49. The van der Waals surface area contributed by atoms with Crippen LogP contribution in [-0.4, -0.2) is 35.0 Å². The van der Waals surface area contributed by atoms with Crippen LogP contribution in [0.4, 0.5) is 4.39 Å². The van der Waals surface area contributed by atoms with Crippen LogP contribution in [-0.2, 0) is 15.0 Å². The molecule has 4 nitrogen and oxygen atoms in total. The van der Waals surface area contributed by atoms with Crippen LogP contribution in [0.1, 0.15) is 56.9 Å². The van der Waals surface area contributed by atoms with Gasteiger partial charge >= 0.3 is 5.97 Å². The highest BCUT2D eigenvalue weighted by atomic mass is 19.1. The predicted octanol–water partition coefficient (Wildman–Crippen LogP) is 3.74. The molecule has 0 spiro atoms. The maximum atomic E-state index is 13.4. The number of carboxylic acids is 1. The summed E-state index contributed by atoms with van der Waals surface area (Å²) in [6, 6.07) is 6.39. The molecule has 1 atom stereocenters. The van der Waals surface area contributed by atoms with E-state index in [0.29, 0.717) is 13.0 Å². The number of hydrogen-bond acceptors (Lipinski definition) is 2. The number of carbonyl (C=O) groups is 2. The molecule has 25 heavy (non-hydrogen) atoms. The smallest absolute Gasteiger partial charge is 0.303 e. The van der Waals surface area contributed by atoms with Gasteiger partial charge in [0.2, 0.25) is 5.91 Å². The number of benzene rings is 1. The first-order valence-electron chi connectivity index (χ1n) is 9.28. The summed E-state index contributed by atoms with van der Waals surface area (Å²) in [5, 5.41) is 8.89. The number of halogens is 1. The standard InChI is InChI=1S/C20H26FNO3/c21-17-8-6-16(7-9-17)20(11-1-2-12-20)19(25)22-13-3-4-15(14-22)5-10-18(23)24/h6-9,15H,1-5,10-14H2,(H,23,24). The Labute approximate surface area is 148 Å². The van der Waals surface area contributed by atoms with Gasteiger partial charge in [-0.2, -0.15) is 0 Å². The van der Waals surface area contributed by atoms with E-state index in [-0.39, 0.29) is 24.1 Å². The van der Waals surface area contributed by atoms with Crippen molar-refractivity contribution in [3.8, 4) is 0 Å². The lowest BCUT2D eigenvalue weighted by Gasteiger charge is -2.39. The molecule has 1 aliphatic carbocycles. The summed E-state index contributed by atoms with van der Waals surface area (Å²) in [5.74, 6) is -0.643. The van der Waals surface area contributed by atoms with Crippen LogP contribution in [0.2, 0.25) is 0 Å². The fourth-order valence-corrected chi connectivity index (χ4v) is 4.49. The number of rotatable bonds is 5. The number of hydrogen-bond donors (Lipinski definition) is 1. The fourth-order valence-electron chi connectivity index (χ4n) is 4.49. The van der Waals surface area contributed by atoms with E-state index in [4.69, 9.17) is 5.11 Å². The van der Waals surface area contributed by atoms with Crippen molar-refractivity contribution in [3.05, 3.63) is 35.6 Å². The number of amides is 1. The Morgan fingerprint density at radius 1 is 1.16 bits per heavy atom. The topological polar surface area (TPSA) is 57.6 Å². The molecule has 0 radical (unpaired) electrons. The lowest BCUT2D eigenvalue weighted by atomic mass is 9.76. The van der Waals surface area contributed by atoms with Gasteiger partial charge in [0.05, 0.1) is 5.41 Å². The van der Waals surface area contributed by atoms with Gasteiger partial charge in [0.25, 0.3) is 0 Å². The maximum absolute atomic E-state index is 13.4. The van der Waals surface area contributed by atoms with Crippen molar-refractivity contribution in [2.75, 3.05) is 13.1 Å². The first-order chi connectivity index (χ1) is 12.0. The third-order valence-electron chi connectivity index (χ3n) is 5.84. The second-order valence-electron chi connectivity index (χ2n) is 7.49. The number of nitrogens with zero attached hydrogens (tertiary/aromatic N) is 1. The van der Waals surface area contributed by atoms with E-state index in [2.05, 4.69) is 0 Å². The number of likely N-dealkylation sites (tertiary alicyclic amines) is 1. The van der Waals surface area contributed by atoms with Gasteiger partial charge in [0.1, 0.15) is 5.82 Å². The zero-order valence-corrected chi connectivity index (χ0v) is 14.5. The van der Waals surface area contributed by atoms with Crippen molar-refractivity contribution in [3.63, 3.8) is 0 Å². The third kappa shape index (κ3) is 3.86. The quantitative estimate of drug-likeness (QED) is 0.883.